The number of aliphatic hydroxyl groups is 1. The Kier molecular flexibility index (Phi) is 8.67. The molecule has 43 heavy (non-hydrogen) atoms. The fourth-order valence-electron chi connectivity index (χ4n) is 5.14. The zero-order chi connectivity index (χ0) is 30.9. The maximum Gasteiger partial charge on any atom is 0.278 e. The molecule has 0 bridgehead atoms. The summed E-state index contributed by atoms with van der Waals surface area (Å²) in [6.45, 7) is 5.74. The second-order valence-electron chi connectivity index (χ2n) is 11.1. The highest BCUT2D eigenvalue weighted by Crippen LogP contribution is 2.30. The first-order valence-corrected chi connectivity index (χ1v) is 14.1. The van der Waals surface area contributed by atoms with Crippen LogP contribution in [0.5, 0.6) is 5.75 Å². The minimum atomic E-state index is -1.00. The number of aliphatic hydroxyl groups excluding tert-OH is 1. The third-order valence-corrected chi connectivity index (χ3v) is 7.71. The molecule has 0 unspecified atom stereocenters. The first kappa shape index (κ1) is 30.4. The van der Waals surface area contributed by atoms with Gasteiger partial charge in [-0.1, -0.05) is 11.6 Å². The largest absolute Gasteiger partial charge is 0.497 e. The fraction of sp³-hybridized carbons (Fsp3) is 0.414. The zero-order valence-electron chi connectivity index (χ0n) is 24.2. The summed E-state index contributed by atoms with van der Waals surface area (Å²) in [4.78, 5) is 35.5. The van der Waals surface area contributed by atoms with E-state index in [2.05, 4.69) is 25.7 Å². The van der Waals surface area contributed by atoms with Crippen molar-refractivity contribution < 1.29 is 23.8 Å². The first-order valence-electron chi connectivity index (χ1n) is 13.8. The van der Waals surface area contributed by atoms with Crippen molar-refractivity contribution in [2.75, 3.05) is 25.6 Å². The number of hydrogen-bond acceptors (Lipinski definition) is 9. The van der Waals surface area contributed by atoms with Gasteiger partial charge in [-0.15, -0.1) is 0 Å². The molecular weight excluding hydrogens is 581 g/mol. The normalized spacial score (nSPS) is 17.8. The van der Waals surface area contributed by atoms with E-state index in [1.165, 1.54) is 53.8 Å². The number of halogens is 2. The lowest BCUT2D eigenvalue weighted by Crippen LogP contribution is -2.40. The number of hydrogen-bond donors (Lipinski definition) is 3. The van der Waals surface area contributed by atoms with E-state index in [9.17, 15) is 19.1 Å². The molecule has 0 aliphatic carbocycles. The number of nitrogens with one attached hydrogen (secondary N) is 2. The van der Waals surface area contributed by atoms with Crippen molar-refractivity contribution in [2.45, 2.75) is 57.3 Å². The molecular formula is C29H33ClFN7O5. The Morgan fingerprint density at radius 3 is 2.84 bits per heavy atom. The molecule has 1 aromatic carbocycles. The van der Waals surface area contributed by atoms with Crippen LogP contribution in [0.3, 0.4) is 0 Å². The minimum absolute atomic E-state index is 0.126. The van der Waals surface area contributed by atoms with Crippen LogP contribution in [-0.2, 0) is 9.53 Å². The predicted molar refractivity (Wildman–Crippen MR) is 158 cm³/mol. The van der Waals surface area contributed by atoms with Gasteiger partial charge in [0.1, 0.15) is 29.5 Å². The summed E-state index contributed by atoms with van der Waals surface area (Å²) in [5, 5.41) is 20.5. The predicted octanol–water partition coefficient (Wildman–Crippen LogP) is 3.53. The molecule has 0 radical (unpaired) electrons. The van der Waals surface area contributed by atoms with Gasteiger partial charge in [-0.3, -0.25) is 14.2 Å². The summed E-state index contributed by atoms with van der Waals surface area (Å²) < 4.78 is 27.5. The molecule has 3 aromatic heterocycles. The van der Waals surface area contributed by atoms with Gasteiger partial charge in [0.15, 0.2) is 0 Å². The number of ether oxygens (including phenoxy) is 2. The quantitative estimate of drug-likeness (QED) is 0.258. The molecule has 4 aromatic rings. The number of methoxy groups -OCH3 is 1. The van der Waals surface area contributed by atoms with E-state index >= 15 is 0 Å². The van der Waals surface area contributed by atoms with E-state index in [-0.39, 0.29) is 22.9 Å². The third-order valence-electron chi connectivity index (χ3n) is 7.43. The maximum absolute atomic E-state index is 14.0. The molecule has 228 valence electrons. The van der Waals surface area contributed by atoms with Gasteiger partial charge >= 0.3 is 0 Å². The van der Waals surface area contributed by atoms with Crippen LogP contribution in [0.25, 0.3) is 16.8 Å². The Hall–Kier alpha value is -4.07. The molecule has 1 aliphatic rings. The zero-order valence-corrected chi connectivity index (χ0v) is 24.9. The maximum atomic E-state index is 14.0. The molecule has 12 nitrogen and oxygen atoms in total. The van der Waals surface area contributed by atoms with Gasteiger partial charge < -0.3 is 25.2 Å². The monoisotopic (exact) mass is 613 g/mol. The molecule has 0 saturated carbocycles. The molecule has 3 atom stereocenters. The number of aromatic nitrogens is 5. The Balaban J connectivity index is 1.38. The summed E-state index contributed by atoms with van der Waals surface area (Å²) in [7, 11) is 1.39. The highest BCUT2D eigenvalue weighted by Gasteiger charge is 2.29. The smallest absolute Gasteiger partial charge is 0.278 e. The summed E-state index contributed by atoms with van der Waals surface area (Å²) >= 11 is 6.46. The lowest BCUT2D eigenvalue weighted by Gasteiger charge is -2.35. The van der Waals surface area contributed by atoms with Crippen LogP contribution < -0.4 is 20.9 Å². The number of nitrogens with zero attached hydrogens (tertiary/aromatic N) is 5. The topological polar surface area (TPSA) is 145 Å². The van der Waals surface area contributed by atoms with Crippen molar-refractivity contribution in [1.82, 2.24) is 29.5 Å². The number of rotatable bonds is 9. The average Bonchev–Trinajstić information content (AvgIpc) is 3.41. The second kappa shape index (κ2) is 12.3. The number of benzene rings is 1. The summed E-state index contributed by atoms with van der Waals surface area (Å²) in [5.41, 5.74) is 0.738. The Morgan fingerprint density at radius 1 is 1.33 bits per heavy atom. The average molecular weight is 614 g/mol. The van der Waals surface area contributed by atoms with Gasteiger partial charge in [0.05, 0.1) is 42.3 Å². The van der Waals surface area contributed by atoms with Crippen LogP contribution in [-0.4, -0.2) is 67.1 Å². The Labute approximate surface area is 251 Å². The highest BCUT2D eigenvalue weighted by atomic mass is 35.5. The van der Waals surface area contributed by atoms with Crippen molar-refractivity contribution in [3.05, 3.63) is 69.7 Å². The van der Waals surface area contributed by atoms with Crippen LogP contribution in [0.2, 0.25) is 5.02 Å². The van der Waals surface area contributed by atoms with Crippen LogP contribution in [0.4, 0.5) is 10.3 Å². The molecule has 0 spiro atoms. The van der Waals surface area contributed by atoms with Gasteiger partial charge in [-0.25, -0.2) is 18.9 Å². The lowest BCUT2D eigenvalue weighted by molar-refractivity contribution is -0.125. The van der Waals surface area contributed by atoms with E-state index in [4.69, 9.17) is 21.1 Å². The van der Waals surface area contributed by atoms with E-state index in [0.29, 0.717) is 34.4 Å². The van der Waals surface area contributed by atoms with Crippen LogP contribution in [0.1, 0.15) is 51.3 Å². The lowest BCUT2D eigenvalue weighted by atomic mass is 9.94. The minimum Gasteiger partial charge on any atom is -0.497 e. The second-order valence-corrected chi connectivity index (χ2v) is 11.5. The Bertz CT molecular complexity index is 1710. The van der Waals surface area contributed by atoms with E-state index in [0.717, 1.165) is 12.8 Å². The highest BCUT2D eigenvalue weighted by molar-refractivity contribution is 6.32. The third kappa shape index (κ3) is 6.63. The fourth-order valence-corrected chi connectivity index (χ4v) is 5.34. The molecule has 1 fully saturated rings. The first-order chi connectivity index (χ1) is 20.5. The number of amides is 1. The van der Waals surface area contributed by atoms with E-state index in [1.54, 1.807) is 12.3 Å². The molecule has 5 rings (SSSR count). The van der Waals surface area contributed by atoms with Gasteiger partial charge in [0.2, 0.25) is 11.9 Å². The van der Waals surface area contributed by atoms with Gasteiger partial charge in [-0.05, 0) is 57.4 Å². The van der Waals surface area contributed by atoms with Crippen LogP contribution in [0.15, 0.2) is 47.8 Å². The SMILES string of the molecule is COc1cc(F)cc([C@@H](CO)NC(=O)[C@H](C)n2cnn3cc(-c4nc(N[C@@H]5CCOC(C)(C)C5)ncc4Cl)cc3c2=O)c1. The van der Waals surface area contributed by atoms with Gasteiger partial charge in [0.25, 0.3) is 5.56 Å². The molecule has 14 heteroatoms. The van der Waals surface area contributed by atoms with Crippen molar-refractivity contribution in [2.24, 2.45) is 0 Å². The van der Waals surface area contributed by atoms with E-state index in [1.807, 2.05) is 13.8 Å². The van der Waals surface area contributed by atoms with Crippen molar-refractivity contribution >= 4 is 29.0 Å². The standard InChI is InChI=1S/C29H33ClFN7O5/c1-16(26(40)35-23(14-39)17-7-19(31)10-21(8-17)42-4)37-15-33-38-13-18(9-24(38)27(37)41)25-22(30)12-32-28(36-25)34-20-5-6-43-29(2,3)11-20/h7-10,12-13,15-16,20,23,39H,5-6,11,14H2,1-4H3,(H,35,40)(H,32,34,36)/t16-,20+,23+/m0/s1. The van der Waals surface area contributed by atoms with Gasteiger partial charge in [-0.2, -0.15) is 5.10 Å². The van der Waals surface area contributed by atoms with Crippen molar-refractivity contribution in [3.8, 4) is 17.0 Å². The van der Waals surface area contributed by atoms with Crippen LogP contribution >= 0.6 is 11.6 Å². The number of carbonyl (C=O) groups is 1. The van der Waals surface area contributed by atoms with Crippen molar-refractivity contribution in [1.29, 1.82) is 0 Å². The number of carbonyl (C=O) groups excluding carboxylic acids is 1. The Morgan fingerprint density at radius 2 is 2.12 bits per heavy atom. The van der Waals surface area contributed by atoms with Crippen molar-refractivity contribution in [3.63, 3.8) is 0 Å². The van der Waals surface area contributed by atoms with E-state index < -0.39 is 36.0 Å². The molecule has 4 heterocycles. The number of anilines is 1. The molecule has 1 saturated heterocycles. The summed E-state index contributed by atoms with van der Waals surface area (Å²) in [5.74, 6) is -0.510. The summed E-state index contributed by atoms with van der Waals surface area (Å²) in [6, 6.07) is 3.69. The molecule has 1 aliphatic heterocycles. The molecule has 3 N–H and O–H groups in total. The molecule has 1 amide bonds. The van der Waals surface area contributed by atoms with Gasteiger partial charge in [0, 0.05) is 30.5 Å². The summed E-state index contributed by atoms with van der Waals surface area (Å²) in [6.07, 6.45) is 5.98. The number of fused-ring (bicyclic) bond motifs is 1. The van der Waals surface area contributed by atoms with Crippen LogP contribution in [0, 0.1) is 5.82 Å².